The predicted octanol–water partition coefficient (Wildman–Crippen LogP) is 3.82. The van der Waals surface area contributed by atoms with Crippen LogP contribution in [-0.2, 0) is 27.1 Å². The van der Waals surface area contributed by atoms with Crippen molar-refractivity contribution in [2.45, 2.75) is 13.2 Å². The quantitative estimate of drug-likeness (QED) is 0.753. The van der Waals surface area contributed by atoms with Crippen LogP contribution in [0.2, 0.25) is 0 Å². The summed E-state index contributed by atoms with van der Waals surface area (Å²) in [7, 11) is -1.45. The van der Waals surface area contributed by atoms with E-state index in [9.17, 15) is 4.79 Å². The molecule has 5 heteroatoms. The SMILES string of the molecule is O=C(O)CP(OCc1ccccc1)OCc1ccccc1. The van der Waals surface area contributed by atoms with Crippen LogP contribution >= 0.6 is 8.38 Å². The van der Waals surface area contributed by atoms with Crippen molar-refractivity contribution in [2.75, 3.05) is 6.16 Å². The fourth-order valence-electron chi connectivity index (χ4n) is 1.68. The molecular weight excluding hydrogens is 287 g/mol. The molecule has 0 fully saturated rings. The highest BCUT2D eigenvalue weighted by molar-refractivity contribution is 7.48. The maximum Gasteiger partial charge on any atom is 0.312 e. The lowest BCUT2D eigenvalue weighted by Gasteiger charge is -2.16. The van der Waals surface area contributed by atoms with Crippen molar-refractivity contribution in [3.05, 3.63) is 71.8 Å². The molecule has 0 spiro atoms. The second-order valence-electron chi connectivity index (χ2n) is 4.40. The van der Waals surface area contributed by atoms with Crippen LogP contribution in [0.15, 0.2) is 60.7 Å². The van der Waals surface area contributed by atoms with E-state index in [1.165, 1.54) is 0 Å². The standard InChI is InChI=1S/C16H17O4P/c17-16(18)13-21(19-11-14-7-3-1-4-8-14)20-12-15-9-5-2-6-10-15/h1-10H,11-13H2,(H,17,18). The molecule has 0 bridgehead atoms. The predicted molar refractivity (Wildman–Crippen MR) is 81.9 cm³/mol. The van der Waals surface area contributed by atoms with E-state index in [0.717, 1.165) is 11.1 Å². The Kier molecular flexibility index (Phi) is 6.35. The second kappa shape index (κ2) is 8.53. The van der Waals surface area contributed by atoms with E-state index in [2.05, 4.69) is 0 Å². The fourth-order valence-corrected chi connectivity index (χ4v) is 2.74. The Morgan fingerprint density at radius 1 is 0.857 bits per heavy atom. The van der Waals surface area contributed by atoms with E-state index in [0.29, 0.717) is 13.2 Å². The topological polar surface area (TPSA) is 55.8 Å². The third kappa shape index (κ3) is 6.05. The number of aliphatic carboxylic acids is 1. The molecule has 1 N–H and O–H groups in total. The smallest absolute Gasteiger partial charge is 0.312 e. The molecule has 0 unspecified atom stereocenters. The first kappa shape index (κ1) is 15.6. The monoisotopic (exact) mass is 304 g/mol. The number of benzene rings is 2. The first-order valence-corrected chi connectivity index (χ1v) is 7.93. The zero-order valence-electron chi connectivity index (χ0n) is 11.5. The zero-order chi connectivity index (χ0) is 14.9. The van der Waals surface area contributed by atoms with Crippen LogP contribution in [0, 0.1) is 0 Å². The van der Waals surface area contributed by atoms with Gasteiger partial charge in [0.25, 0.3) is 0 Å². The van der Waals surface area contributed by atoms with Gasteiger partial charge in [-0.1, -0.05) is 60.7 Å². The van der Waals surface area contributed by atoms with Gasteiger partial charge in [0.15, 0.2) is 8.38 Å². The van der Waals surface area contributed by atoms with Crippen molar-refractivity contribution in [2.24, 2.45) is 0 Å². The maximum atomic E-state index is 10.9. The average molecular weight is 304 g/mol. The Balaban J connectivity index is 1.87. The molecule has 0 atom stereocenters. The Bertz CT molecular complexity index is 501. The fraction of sp³-hybridized carbons (Fsp3) is 0.188. The highest BCUT2D eigenvalue weighted by Crippen LogP contribution is 2.40. The van der Waals surface area contributed by atoms with Gasteiger partial charge >= 0.3 is 5.97 Å². The molecule has 2 rings (SSSR count). The van der Waals surface area contributed by atoms with Gasteiger partial charge in [-0.05, 0) is 11.1 Å². The molecule has 0 aliphatic rings. The van der Waals surface area contributed by atoms with Crippen molar-refractivity contribution in [1.29, 1.82) is 0 Å². The molecule has 0 aliphatic heterocycles. The van der Waals surface area contributed by atoms with Gasteiger partial charge in [0.05, 0.1) is 13.2 Å². The van der Waals surface area contributed by atoms with Gasteiger partial charge in [-0.2, -0.15) is 0 Å². The molecular formula is C16H17O4P. The first-order chi connectivity index (χ1) is 10.2. The number of carboxylic acid groups (broad SMARTS) is 1. The first-order valence-electron chi connectivity index (χ1n) is 6.57. The molecule has 0 saturated carbocycles. The molecule has 21 heavy (non-hydrogen) atoms. The minimum atomic E-state index is -1.45. The van der Waals surface area contributed by atoms with Gasteiger partial charge in [-0.15, -0.1) is 0 Å². The van der Waals surface area contributed by atoms with Gasteiger partial charge in [0, 0.05) is 0 Å². The third-order valence-electron chi connectivity index (χ3n) is 2.70. The highest BCUT2D eigenvalue weighted by atomic mass is 31.2. The molecule has 0 aromatic heterocycles. The zero-order valence-corrected chi connectivity index (χ0v) is 12.4. The molecule has 0 radical (unpaired) electrons. The largest absolute Gasteiger partial charge is 0.481 e. The van der Waals surface area contributed by atoms with Crippen LogP contribution in [0.25, 0.3) is 0 Å². The number of carboxylic acids is 1. The number of carbonyl (C=O) groups is 1. The van der Waals surface area contributed by atoms with E-state index >= 15 is 0 Å². The number of hydrogen-bond donors (Lipinski definition) is 1. The molecule has 0 saturated heterocycles. The summed E-state index contributed by atoms with van der Waals surface area (Å²) in [5, 5.41) is 8.93. The Morgan fingerprint density at radius 3 is 1.67 bits per heavy atom. The van der Waals surface area contributed by atoms with Crippen molar-refractivity contribution < 1.29 is 18.9 Å². The van der Waals surface area contributed by atoms with E-state index in [1.54, 1.807) is 0 Å². The third-order valence-corrected chi connectivity index (χ3v) is 4.06. The van der Waals surface area contributed by atoms with Crippen molar-refractivity contribution in [3.8, 4) is 0 Å². The maximum absolute atomic E-state index is 10.9. The van der Waals surface area contributed by atoms with E-state index in [-0.39, 0.29) is 6.16 Å². The van der Waals surface area contributed by atoms with Crippen LogP contribution < -0.4 is 0 Å². The van der Waals surface area contributed by atoms with Gasteiger partial charge in [0.1, 0.15) is 6.16 Å². The van der Waals surface area contributed by atoms with Gasteiger partial charge in [-0.25, -0.2) is 0 Å². The van der Waals surface area contributed by atoms with E-state index in [1.807, 2.05) is 60.7 Å². The molecule has 0 aliphatic carbocycles. The summed E-state index contributed by atoms with van der Waals surface area (Å²) in [4.78, 5) is 10.9. The summed E-state index contributed by atoms with van der Waals surface area (Å²) < 4.78 is 11.2. The van der Waals surface area contributed by atoms with Crippen LogP contribution in [-0.4, -0.2) is 17.2 Å². The molecule has 0 heterocycles. The van der Waals surface area contributed by atoms with Crippen LogP contribution in [0.3, 0.4) is 0 Å². The van der Waals surface area contributed by atoms with E-state index < -0.39 is 14.3 Å². The minimum Gasteiger partial charge on any atom is -0.481 e. The summed E-state index contributed by atoms with van der Waals surface area (Å²) in [6.45, 7) is 0.712. The van der Waals surface area contributed by atoms with Crippen LogP contribution in [0.1, 0.15) is 11.1 Å². The summed E-state index contributed by atoms with van der Waals surface area (Å²) in [6, 6.07) is 19.3. The lowest BCUT2D eigenvalue weighted by Crippen LogP contribution is -2.05. The Morgan fingerprint density at radius 2 is 1.29 bits per heavy atom. The van der Waals surface area contributed by atoms with Crippen LogP contribution in [0.4, 0.5) is 0 Å². The average Bonchev–Trinajstić information content (AvgIpc) is 2.51. The molecule has 110 valence electrons. The highest BCUT2D eigenvalue weighted by Gasteiger charge is 2.15. The number of rotatable bonds is 8. The molecule has 0 amide bonds. The normalized spacial score (nSPS) is 10.7. The summed E-state index contributed by atoms with van der Waals surface area (Å²) in [6.07, 6.45) is -0.116. The van der Waals surface area contributed by atoms with Crippen molar-refractivity contribution in [3.63, 3.8) is 0 Å². The van der Waals surface area contributed by atoms with Crippen LogP contribution in [0.5, 0.6) is 0 Å². The van der Waals surface area contributed by atoms with Gasteiger partial charge in [0.2, 0.25) is 0 Å². The van der Waals surface area contributed by atoms with Gasteiger partial charge < -0.3 is 14.2 Å². The lowest BCUT2D eigenvalue weighted by atomic mass is 10.2. The summed E-state index contributed by atoms with van der Waals surface area (Å²) in [5.41, 5.74) is 2.00. The number of hydrogen-bond acceptors (Lipinski definition) is 3. The Labute approximate surface area is 125 Å². The summed E-state index contributed by atoms with van der Waals surface area (Å²) in [5.74, 6) is -0.915. The molecule has 4 nitrogen and oxygen atoms in total. The van der Waals surface area contributed by atoms with Gasteiger partial charge in [-0.3, -0.25) is 4.79 Å². The molecule has 2 aromatic carbocycles. The second-order valence-corrected chi connectivity index (χ2v) is 5.90. The Hall–Kier alpha value is -1.74. The summed E-state index contributed by atoms with van der Waals surface area (Å²) >= 11 is 0. The minimum absolute atomic E-state index is 0.116. The lowest BCUT2D eigenvalue weighted by molar-refractivity contribution is -0.134. The van der Waals surface area contributed by atoms with E-state index in [4.69, 9.17) is 14.2 Å². The molecule has 2 aromatic rings. The van der Waals surface area contributed by atoms with Crippen molar-refractivity contribution in [1.82, 2.24) is 0 Å². The van der Waals surface area contributed by atoms with Crippen molar-refractivity contribution >= 4 is 14.3 Å².